The van der Waals surface area contributed by atoms with Gasteiger partial charge in [-0.05, 0) is 46.1 Å². The standard InChI is InChI=1S/C20H33N3O2/c1-5-21-20(23-17(4)13-25-19-7-9-24-14-19)22-8-6-18-11-15(2)10-16(3)12-18/h10-12,17,19H,5-9,13-14H2,1-4H3,(H2,21,22,23). The molecule has 25 heavy (non-hydrogen) atoms. The van der Waals surface area contributed by atoms with E-state index in [9.17, 15) is 0 Å². The molecule has 1 aromatic rings. The molecule has 0 aromatic heterocycles. The fourth-order valence-electron chi connectivity index (χ4n) is 3.03. The molecule has 0 saturated carbocycles. The van der Waals surface area contributed by atoms with Crippen LogP contribution in [-0.2, 0) is 15.9 Å². The number of rotatable bonds is 8. The van der Waals surface area contributed by atoms with Crippen molar-refractivity contribution in [2.45, 2.75) is 52.7 Å². The highest BCUT2D eigenvalue weighted by atomic mass is 16.5. The van der Waals surface area contributed by atoms with Gasteiger partial charge in [-0.1, -0.05) is 29.3 Å². The third kappa shape index (κ3) is 7.45. The number of nitrogens with zero attached hydrogens (tertiary/aromatic N) is 1. The molecule has 0 aliphatic carbocycles. The molecule has 0 amide bonds. The molecule has 1 aliphatic heterocycles. The van der Waals surface area contributed by atoms with Gasteiger partial charge in [-0.2, -0.15) is 0 Å². The predicted octanol–water partition coefficient (Wildman–Crippen LogP) is 2.60. The maximum absolute atomic E-state index is 5.87. The lowest BCUT2D eigenvalue weighted by Gasteiger charge is -2.19. The number of aryl methyl sites for hydroxylation is 2. The lowest BCUT2D eigenvalue weighted by molar-refractivity contribution is 0.0347. The average Bonchev–Trinajstić information content (AvgIpc) is 3.05. The smallest absolute Gasteiger partial charge is 0.191 e. The maximum Gasteiger partial charge on any atom is 0.191 e. The first-order chi connectivity index (χ1) is 12.1. The van der Waals surface area contributed by atoms with E-state index in [4.69, 9.17) is 14.5 Å². The highest BCUT2D eigenvalue weighted by Crippen LogP contribution is 2.10. The van der Waals surface area contributed by atoms with Crippen LogP contribution in [0.5, 0.6) is 0 Å². The Morgan fingerprint density at radius 2 is 2.08 bits per heavy atom. The summed E-state index contributed by atoms with van der Waals surface area (Å²) in [6.07, 6.45) is 2.19. The SMILES string of the molecule is CCNC(=NCCc1cc(C)cc(C)c1)NC(C)COC1CCOC1. The molecule has 1 aromatic carbocycles. The maximum atomic E-state index is 5.87. The minimum atomic E-state index is 0.208. The van der Waals surface area contributed by atoms with E-state index in [0.29, 0.717) is 6.61 Å². The van der Waals surface area contributed by atoms with Crippen LogP contribution >= 0.6 is 0 Å². The Morgan fingerprint density at radius 1 is 1.32 bits per heavy atom. The van der Waals surface area contributed by atoms with Crippen molar-refractivity contribution in [3.8, 4) is 0 Å². The van der Waals surface area contributed by atoms with Crippen LogP contribution in [0, 0.1) is 13.8 Å². The van der Waals surface area contributed by atoms with Crippen molar-refractivity contribution >= 4 is 5.96 Å². The van der Waals surface area contributed by atoms with Crippen molar-refractivity contribution < 1.29 is 9.47 Å². The fraction of sp³-hybridized carbons (Fsp3) is 0.650. The van der Waals surface area contributed by atoms with E-state index >= 15 is 0 Å². The monoisotopic (exact) mass is 347 g/mol. The van der Waals surface area contributed by atoms with Crippen LogP contribution in [0.15, 0.2) is 23.2 Å². The summed E-state index contributed by atoms with van der Waals surface area (Å²) < 4.78 is 11.2. The third-order valence-electron chi connectivity index (χ3n) is 4.15. The predicted molar refractivity (Wildman–Crippen MR) is 103 cm³/mol. The van der Waals surface area contributed by atoms with Gasteiger partial charge in [0, 0.05) is 25.7 Å². The molecule has 1 aliphatic rings. The van der Waals surface area contributed by atoms with Crippen LogP contribution < -0.4 is 10.6 Å². The molecule has 1 heterocycles. The Morgan fingerprint density at radius 3 is 2.72 bits per heavy atom. The van der Waals surface area contributed by atoms with E-state index in [0.717, 1.165) is 45.1 Å². The first-order valence-corrected chi connectivity index (χ1v) is 9.38. The third-order valence-corrected chi connectivity index (χ3v) is 4.15. The zero-order chi connectivity index (χ0) is 18.1. The van der Waals surface area contributed by atoms with Crippen molar-refractivity contribution in [3.05, 3.63) is 34.9 Å². The Labute approximate surface area is 152 Å². The second-order valence-electron chi connectivity index (χ2n) is 6.87. The molecular formula is C20H33N3O2. The summed E-state index contributed by atoms with van der Waals surface area (Å²) in [4.78, 5) is 4.70. The summed E-state index contributed by atoms with van der Waals surface area (Å²) in [6.45, 7) is 12.3. The van der Waals surface area contributed by atoms with Gasteiger partial charge in [0.15, 0.2) is 5.96 Å². The van der Waals surface area contributed by atoms with Crippen molar-refractivity contribution in [2.75, 3.05) is 32.9 Å². The van der Waals surface area contributed by atoms with Crippen molar-refractivity contribution in [3.63, 3.8) is 0 Å². The van der Waals surface area contributed by atoms with E-state index in [1.54, 1.807) is 0 Å². The summed E-state index contributed by atoms with van der Waals surface area (Å²) in [5.74, 6) is 0.852. The summed E-state index contributed by atoms with van der Waals surface area (Å²) in [5, 5.41) is 6.73. The summed E-state index contributed by atoms with van der Waals surface area (Å²) >= 11 is 0. The molecule has 5 heteroatoms. The van der Waals surface area contributed by atoms with Gasteiger partial charge < -0.3 is 20.1 Å². The van der Waals surface area contributed by atoms with E-state index in [1.165, 1.54) is 16.7 Å². The van der Waals surface area contributed by atoms with Crippen LogP contribution in [0.2, 0.25) is 0 Å². The number of guanidine groups is 1. The Bertz CT molecular complexity index is 534. The molecule has 140 valence electrons. The zero-order valence-corrected chi connectivity index (χ0v) is 16.1. The number of aliphatic imine (C=N–C) groups is 1. The molecule has 2 atom stereocenters. The number of ether oxygens (including phenoxy) is 2. The van der Waals surface area contributed by atoms with E-state index in [1.807, 2.05) is 0 Å². The molecule has 1 fully saturated rings. The number of nitrogens with one attached hydrogen (secondary N) is 2. The van der Waals surface area contributed by atoms with Gasteiger partial charge in [-0.25, -0.2) is 0 Å². The molecule has 0 radical (unpaired) electrons. The molecule has 0 spiro atoms. The van der Waals surface area contributed by atoms with Crippen molar-refractivity contribution in [2.24, 2.45) is 4.99 Å². The highest BCUT2D eigenvalue weighted by Gasteiger charge is 2.17. The van der Waals surface area contributed by atoms with Gasteiger partial charge in [-0.15, -0.1) is 0 Å². The lowest BCUT2D eigenvalue weighted by Crippen LogP contribution is -2.44. The quantitative estimate of drug-likeness (QED) is 0.561. The Hall–Kier alpha value is -1.59. The number of hydrogen-bond donors (Lipinski definition) is 2. The van der Waals surface area contributed by atoms with Gasteiger partial charge in [0.2, 0.25) is 0 Å². The average molecular weight is 348 g/mol. The normalized spacial score (nSPS) is 19.0. The number of benzene rings is 1. The van der Waals surface area contributed by atoms with Gasteiger partial charge in [0.25, 0.3) is 0 Å². The van der Waals surface area contributed by atoms with E-state index in [2.05, 4.69) is 56.5 Å². The summed E-state index contributed by atoms with van der Waals surface area (Å²) in [6, 6.07) is 6.89. The van der Waals surface area contributed by atoms with Crippen molar-refractivity contribution in [1.29, 1.82) is 0 Å². The van der Waals surface area contributed by atoms with E-state index < -0.39 is 0 Å². The van der Waals surface area contributed by atoms with Gasteiger partial charge in [0.1, 0.15) is 0 Å². The van der Waals surface area contributed by atoms with Gasteiger partial charge in [0.05, 0.1) is 19.3 Å². The molecule has 5 nitrogen and oxygen atoms in total. The number of hydrogen-bond acceptors (Lipinski definition) is 3. The Kier molecular flexibility index (Phi) is 8.22. The van der Waals surface area contributed by atoms with Gasteiger partial charge in [-0.3, -0.25) is 4.99 Å². The topological polar surface area (TPSA) is 54.9 Å². The molecule has 0 bridgehead atoms. The molecule has 2 unspecified atom stereocenters. The van der Waals surface area contributed by atoms with Crippen molar-refractivity contribution in [1.82, 2.24) is 10.6 Å². The van der Waals surface area contributed by atoms with Crippen LogP contribution in [0.25, 0.3) is 0 Å². The van der Waals surface area contributed by atoms with Crippen LogP contribution in [0.3, 0.4) is 0 Å². The van der Waals surface area contributed by atoms with Crippen LogP contribution in [0.1, 0.15) is 37.0 Å². The van der Waals surface area contributed by atoms with Crippen LogP contribution in [-0.4, -0.2) is 51.0 Å². The molecule has 2 rings (SSSR count). The second-order valence-corrected chi connectivity index (χ2v) is 6.87. The zero-order valence-electron chi connectivity index (χ0n) is 16.1. The highest BCUT2D eigenvalue weighted by molar-refractivity contribution is 5.80. The first-order valence-electron chi connectivity index (χ1n) is 9.38. The molecule has 2 N–H and O–H groups in total. The van der Waals surface area contributed by atoms with E-state index in [-0.39, 0.29) is 12.1 Å². The van der Waals surface area contributed by atoms with Gasteiger partial charge >= 0.3 is 0 Å². The minimum Gasteiger partial charge on any atom is -0.379 e. The molecular weight excluding hydrogens is 314 g/mol. The lowest BCUT2D eigenvalue weighted by atomic mass is 10.1. The Balaban J connectivity index is 1.80. The first kappa shape index (κ1) is 19.7. The second kappa shape index (κ2) is 10.4. The summed E-state index contributed by atoms with van der Waals surface area (Å²) in [5.41, 5.74) is 3.96. The minimum absolute atomic E-state index is 0.208. The fourth-order valence-corrected chi connectivity index (χ4v) is 3.03. The largest absolute Gasteiger partial charge is 0.379 e. The molecule has 1 saturated heterocycles. The van der Waals surface area contributed by atoms with Crippen LogP contribution in [0.4, 0.5) is 0 Å². The summed E-state index contributed by atoms with van der Waals surface area (Å²) in [7, 11) is 0.